The topological polar surface area (TPSA) is 926 Å². The lowest BCUT2D eigenvalue weighted by atomic mass is 9.93. The van der Waals surface area contributed by atoms with Crippen LogP contribution in [0.2, 0.25) is 0 Å². The van der Waals surface area contributed by atoms with Crippen molar-refractivity contribution in [1.82, 2.24) is 26.6 Å². The summed E-state index contributed by atoms with van der Waals surface area (Å²) in [6.07, 6.45) is -105. The van der Waals surface area contributed by atoms with Crippen molar-refractivity contribution in [2.45, 2.75) is 379 Å². The standard InChI is InChI=1S/C76H127N5O55/c1-17-38(94)49(105)54(110)71(119-17)117-16-32-63(45(101)33(66(115)120-32)77-18(2)89)131-69-36(80-21(5)92)47(103)61(28(12-87)125-69)134-75-58(114)64(135-74-57(113)53(109)62(29(13-88)127-74)130-68-34(78-19(3)90)44(100)39(95)23(7-82)121-68)43(99)31(128-75)15-118-76-65(136-70-37(81-22(6)93)48(104)60(27(11-86)126-70)133-73-56(112)51(107)41(97)25(9-84)123-73)52(108)42(98)30(129-76)14-116-67-35(79-20(4)91)46(102)59(26(10-85)124-67)132-72-55(111)50(106)40(96)24(8-83)122-72/h17,23-76,82-88,94-115H,7-16H2,1-6H3,(H,77,89)(H,78,90)(H,79,91)(H,80,92)(H,81,93)/t17-,23+,24+,25+,26+,27+,28+,29+,30+,31+,32+,33+,34+,35+,36+,37+,38+,39+,40-,41-,42+,43+,44+,45+,46+,47+,48+,49+,50-,51-,52-,53+,54-,55+,56+,57-,58-,59+,60+,61+,62+,63+,64-,65-,66+,67+,68-,69-,70-,71+,72-,73-,74+,75-,76-/m0/s1. The van der Waals surface area contributed by atoms with Gasteiger partial charge in [0, 0.05) is 34.6 Å². The van der Waals surface area contributed by atoms with Gasteiger partial charge in [-0.25, -0.2) is 0 Å². The number of carbonyl (C=O) groups excluding carboxylic acids is 5. The van der Waals surface area contributed by atoms with Gasteiger partial charge in [-0.15, -0.1) is 0 Å². The zero-order valence-corrected chi connectivity index (χ0v) is 73.4. The molecule has 60 nitrogen and oxygen atoms in total. The van der Waals surface area contributed by atoms with Gasteiger partial charge in [0.1, 0.15) is 262 Å². The number of rotatable bonds is 35. The first kappa shape index (κ1) is 112. The molecular weight excluding hydrogens is 1860 g/mol. The van der Waals surface area contributed by atoms with E-state index in [1.807, 2.05) is 0 Å². The van der Waals surface area contributed by atoms with Crippen LogP contribution in [0.4, 0.5) is 0 Å². The van der Waals surface area contributed by atoms with E-state index in [-0.39, 0.29) is 0 Å². The first-order valence-corrected chi connectivity index (χ1v) is 43.5. The fourth-order valence-corrected chi connectivity index (χ4v) is 17.6. The molecule has 11 aliphatic heterocycles. The molecule has 0 aromatic heterocycles. The Morgan fingerprint density at radius 2 is 0.456 bits per heavy atom. The summed E-state index contributed by atoms with van der Waals surface area (Å²) in [5, 5.41) is 338. The Morgan fingerprint density at radius 1 is 0.206 bits per heavy atom. The Bertz CT molecular complexity index is 3760. The van der Waals surface area contributed by atoms with E-state index in [1.165, 1.54) is 6.92 Å². The van der Waals surface area contributed by atoms with E-state index < -0.39 is 433 Å². The molecule has 0 radical (unpaired) electrons. The van der Waals surface area contributed by atoms with Gasteiger partial charge in [-0.3, -0.25) is 24.0 Å². The van der Waals surface area contributed by atoms with Gasteiger partial charge in [0.25, 0.3) is 0 Å². The van der Waals surface area contributed by atoms with Crippen molar-refractivity contribution in [3.05, 3.63) is 0 Å². The van der Waals surface area contributed by atoms with Crippen molar-refractivity contribution in [2.24, 2.45) is 0 Å². The van der Waals surface area contributed by atoms with Crippen LogP contribution in [0.3, 0.4) is 0 Å². The first-order valence-electron chi connectivity index (χ1n) is 43.5. The smallest absolute Gasteiger partial charge is 0.217 e. The Kier molecular flexibility index (Phi) is 40.1. The summed E-state index contributed by atoms with van der Waals surface area (Å²) in [7, 11) is 0. The van der Waals surface area contributed by atoms with Gasteiger partial charge in [-0.05, 0) is 6.92 Å². The average Bonchev–Trinajstić information content (AvgIpc) is 0.650. The zero-order chi connectivity index (χ0) is 100. The molecule has 0 bridgehead atoms. The lowest BCUT2D eigenvalue weighted by Gasteiger charge is -2.51. The van der Waals surface area contributed by atoms with E-state index >= 15 is 0 Å². The number of hydrogen-bond acceptors (Lipinski definition) is 55. The van der Waals surface area contributed by atoms with E-state index in [2.05, 4.69) is 26.6 Å². The largest absolute Gasteiger partial charge is 0.394 e. The molecule has 11 aliphatic rings. The highest BCUT2D eigenvalue weighted by Gasteiger charge is 2.62. The van der Waals surface area contributed by atoms with Gasteiger partial charge >= 0.3 is 0 Å². The van der Waals surface area contributed by atoms with E-state index in [0.717, 1.165) is 34.6 Å². The van der Waals surface area contributed by atoms with E-state index in [4.69, 9.17) is 99.5 Å². The third-order valence-electron chi connectivity index (χ3n) is 24.9. The van der Waals surface area contributed by atoms with Gasteiger partial charge < -0.3 is 274 Å². The lowest BCUT2D eigenvalue weighted by molar-refractivity contribution is -0.393. The SMILES string of the molecule is CC(=O)N[C@@H]1[C@@H](O)[C@H](O[C@@H]2O[C@H](CO)[C@@H](O[C@@H]3O[C@H](CO[C@H]4O[C@H](CO[C@@H]5O[C@H](CO)[C@@H](O[C@@H]6O[C@H](CO)[C@H](O)[C@H](O)[C@H]6O)[C@H](O)[C@H]5NC(C)=O)[C@@H](O)[C@H](O)[C@@H]4O[C@@H]4O[C@H](CO)[C@@H](O[C@@H]5O[C@H](CO)[C@H](O)[C@H](O)[C@H]5O)[C@H](O)[C@H]4NC(C)=O)[C@@H](O)[C@H](O[C@H]4O[C@H](CO)[C@@H](O[C@@H]5O[C@H](CO)[C@@H](O)[C@H](O)[C@H]5NC(C)=O)[C@H](O)[C@@H]4O)[C@@H]3O)[C@H](O)[C@H]2NC(C)=O)[C@@H](CO[C@@H]2O[C@@H](C)[C@@H](O)[C@@H](O)[C@@H]2O)O[C@H]1O. The van der Waals surface area contributed by atoms with Crippen LogP contribution < -0.4 is 26.6 Å². The molecule has 0 aromatic rings. The van der Waals surface area contributed by atoms with Crippen molar-refractivity contribution in [3.63, 3.8) is 0 Å². The van der Waals surface area contributed by atoms with Gasteiger partial charge in [0.2, 0.25) is 29.5 Å². The number of aliphatic hydroxyl groups is 29. The molecule has 786 valence electrons. The maximum atomic E-state index is 13.3. The summed E-state index contributed by atoms with van der Waals surface area (Å²) in [5.41, 5.74) is 0. The Balaban J connectivity index is 0.939. The van der Waals surface area contributed by atoms with Crippen LogP contribution in [-0.4, -0.2) is 581 Å². The van der Waals surface area contributed by atoms with Crippen LogP contribution in [0.5, 0.6) is 0 Å². The van der Waals surface area contributed by atoms with Crippen LogP contribution in [0.1, 0.15) is 41.5 Å². The van der Waals surface area contributed by atoms with E-state index in [9.17, 15) is 172 Å². The van der Waals surface area contributed by atoms with Crippen LogP contribution in [0, 0.1) is 0 Å². The monoisotopic (exact) mass is 1990 g/mol. The minimum absolute atomic E-state index is 0.853. The molecule has 34 N–H and O–H groups in total. The summed E-state index contributed by atoms with van der Waals surface area (Å²) in [6, 6.07) is -9.47. The Labute approximate surface area is 770 Å². The normalized spacial score (nSPS) is 49.2. The maximum absolute atomic E-state index is 13.3. The summed E-state index contributed by atoms with van der Waals surface area (Å²) < 4.78 is 125. The average molecular weight is 1990 g/mol. The van der Waals surface area contributed by atoms with E-state index in [1.54, 1.807) is 0 Å². The second-order valence-electron chi connectivity index (χ2n) is 34.6. The molecule has 0 unspecified atom stereocenters. The molecule has 11 saturated heterocycles. The third-order valence-corrected chi connectivity index (χ3v) is 24.9. The van der Waals surface area contributed by atoms with Gasteiger partial charge in [-0.2, -0.15) is 0 Å². The minimum atomic E-state index is -2.64. The van der Waals surface area contributed by atoms with Crippen LogP contribution in [0.15, 0.2) is 0 Å². The summed E-state index contributed by atoms with van der Waals surface area (Å²) >= 11 is 0. The molecule has 55 atom stereocenters. The molecular formula is C76H127N5O55. The highest BCUT2D eigenvalue weighted by Crippen LogP contribution is 2.41. The number of amides is 5. The second kappa shape index (κ2) is 48.8. The molecule has 0 aromatic carbocycles. The Morgan fingerprint density at radius 3 is 0.882 bits per heavy atom. The van der Waals surface area contributed by atoms with Crippen molar-refractivity contribution in [2.75, 3.05) is 66.1 Å². The van der Waals surface area contributed by atoms with Crippen LogP contribution >= 0.6 is 0 Å². The van der Waals surface area contributed by atoms with Crippen LogP contribution in [-0.2, 0) is 123 Å². The molecule has 11 rings (SSSR count). The van der Waals surface area contributed by atoms with Crippen LogP contribution in [0.25, 0.3) is 0 Å². The lowest BCUT2D eigenvalue weighted by Crippen LogP contribution is -2.70. The Hall–Kier alpha value is -4.65. The number of hydrogen-bond donors (Lipinski definition) is 34. The molecule has 0 aliphatic carbocycles. The number of nitrogens with one attached hydrogen (secondary N) is 5. The molecule has 0 spiro atoms. The van der Waals surface area contributed by atoms with Crippen molar-refractivity contribution in [3.8, 4) is 0 Å². The van der Waals surface area contributed by atoms with Gasteiger partial charge in [0.15, 0.2) is 69.2 Å². The first-order chi connectivity index (χ1) is 64.3. The third kappa shape index (κ3) is 24.9. The summed E-state index contributed by atoms with van der Waals surface area (Å²) in [6.45, 7) is -5.13. The predicted octanol–water partition coefficient (Wildman–Crippen LogP) is -23.2. The molecule has 11 fully saturated rings. The number of carbonyl (C=O) groups is 5. The van der Waals surface area contributed by atoms with Gasteiger partial charge in [0.05, 0.1) is 72.2 Å². The molecule has 0 saturated carbocycles. The van der Waals surface area contributed by atoms with Crippen molar-refractivity contribution >= 4 is 29.5 Å². The molecule has 5 amide bonds. The fraction of sp³-hybridized carbons (Fsp3) is 0.934. The fourth-order valence-electron chi connectivity index (χ4n) is 17.6. The van der Waals surface area contributed by atoms with Crippen molar-refractivity contribution < 1.29 is 272 Å². The maximum Gasteiger partial charge on any atom is 0.217 e. The molecule has 136 heavy (non-hydrogen) atoms. The second-order valence-corrected chi connectivity index (χ2v) is 34.6. The molecule has 11 heterocycles. The summed E-state index contributed by atoms with van der Waals surface area (Å²) in [5.74, 6) is -4.67. The highest BCUT2D eigenvalue weighted by molar-refractivity contribution is 5.75. The van der Waals surface area contributed by atoms with E-state index in [0.29, 0.717) is 0 Å². The number of aliphatic hydroxyl groups excluding tert-OH is 29. The quantitative estimate of drug-likeness (QED) is 0.0280. The minimum Gasteiger partial charge on any atom is -0.394 e. The van der Waals surface area contributed by atoms with Gasteiger partial charge in [-0.1, -0.05) is 0 Å². The van der Waals surface area contributed by atoms with Crippen molar-refractivity contribution in [1.29, 1.82) is 0 Å². The summed E-state index contributed by atoms with van der Waals surface area (Å²) in [4.78, 5) is 64.5. The zero-order valence-electron chi connectivity index (χ0n) is 73.4. The predicted molar refractivity (Wildman–Crippen MR) is 419 cm³/mol. The highest BCUT2D eigenvalue weighted by atomic mass is 16.8. The number of ether oxygens (including phenoxy) is 21. The molecule has 60 heteroatoms.